The maximum Gasteiger partial charge on any atom is 0.238 e. The van der Waals surface area contributed by atoms with Gasteiger partial charge in [-0.25, -0.2) is 13.6 Å². The van der Waals surface area contributed by atoms with Crippen molar-refractivity contribution in [1.82, 2.24) is 10.2 Å². The summed E-state index contributed by atoms with van der Waals surface area (Å²) in [5, 5.41) is 15.6. The number of nitrogens with zero attached hydrogens (tertiary/aromatic N) is 2. The van der Waals surface area contributed by atoms with E-state index >= 15 is 0 Å². The zero-order valence-electron chi connectivity index (χ0n) is 11.3. The fraction of sp³-hybridized carbons (Fsp3) is 0.182. The van der Waals surface area contributed by atoms with E-state index in [9.17, 15) is 13.2 Å². The standard InChI is InChI=1S/C11H12N4O3S4/c1-19-10-14-15-11(21-10)20-6-9(16)13-7-2-4-8(5-3-7)22(12,17)18/h2-5H,6H2,1H3,(H,13,16)(H2,12,17,18). The average molecular weight is 377 g/mol. The number of rotatable bonds is 6. The number of nitrogens with two attached hydrogens (primary N) is 1. The Morgan fingerprint density at radius 1 is 1.27 bits per heavy atom. The first-order valence-electron chi connectivity index (χ1n) is 5.81. The van der Waals surface area contributed by atoms with Crippen molar-refractivity contribution in [2.75, 3.05) is 17.3 Å². The van der Waals surface area contributed by atoms with E-state index in [-0.39, 0.29) is 16.6 Å². The number of amides is 1. The number of nitrogens with one attached hydrogen (secondary N) is 1. The molecule has 1 heterocycles. The molecule has 0 aliphatic rings. The highest BCUT2D eigenvalue weighted by atomic mass is 32.2. The molecule has 1 aromatic heterocycles. The third-order valence-corrected chi connectivity index (χ3v) is 6.32. The summed E-state index contributed by atoms with van der Waals surface area (Å²) in [6.07, 6.45) is 1.91. The molecule has 0 atom stereocenters. The van der Waals surface area contributed by atoms with Crippen molar-refractivity contribution in [3.8, 4) is 0 Å². The quantitative estimate of drug-likeness (QED) is 0.736. The summed E-state index contributed by atoms with van der Waals surface area (Å²) in [4.78, 5) is 11.8. The molecule has 0 bridgehead atoms. The fourth-order valence-corrected chi connectivity index (χ4v) is 4.14. The van der Waals surface area contributed by atoms with Gasteiger partial charge in [0, 0.05) is 5.69 Å². The van der Waals surface area contributed by atoms with Gasteiger partial charge in [0.2, 0.25) is 15.9 Å². The number of primary sulfonamides is 1. The Labute approximate surface area is 140 Å². The summed E-state index contributed by atoms with van der Waals surface area (Å²) in [6, 6.07) is 5.65. The number of thioether (sulfide) groups is 2. The van der Waals surface area contributed by atoms with Crippen molar-refractivity contribution in [3.05, 3.63) is 24.3 Å². The zero-order valence-corrected chi connectivity index (χ0v) is 14.6. The Morgan fingerprint density at radius 3 is 2.45 bits per heavy atom. The molecule has 0 radical (unpaired) electrons. The van der Waals surface area contributed by atoms with E-state index in [1.165, 1.54) is 59.1 Å². The van der Waals surface area contributed by atoms with Gasteiger partial charge in [-0.05, 0) is 30.5 Å². The molecule has 22 heavy (non-hydrogen) atoms. The van der Waals surface area contributed by atoms with Crippen molar-refractivity contribution >= 4 is 56.5 Å². The zero-order chi connectivity index (χ0) is 16.2. The van der Waals surface area contributed by atoms with E-state index in [1.807, 2.05) is 6.26 Å². The molecular weight excluding hydrogens is 364 g/mol. The Hall–Kier alpha value is -1.14. The summed E-state index contributed by atoms with van der Waals surface area (Å²) in [5.41, 5.74) is 0.500. The van der Waals surface area contributed by atoms with Crippen LogP contribution in [0.2, 0.25) is 0 Å². The predicted molar refractivity (Wildman–Crippen MR) is 88.9 cm³/mol. The molecule has 2 aromatic rings. The second kappa shape index (κ2) is 7.42. The Balaban J connectivity index is 1.89. The number of hydrogen-bond acceptors (Lipinski definition) is 8. The first-order valence-corrected chi connectivity index (χ1v) is 10.4. The molecule has 1 aromatic carbocycles. The van der Waals surface area contributed by atoms with Crippen LogP contribution in [0.5, 0.6) is 0 Å². The minimum Gasteiger partial charge on any atom is -0.325 e. The average Bonchev–Trinajstić information content (AvgIpc) is 2.93. The molecule has 3 N–H and O–H groups in total. The summed E-state index contributed by atoms with van der Waals surface area (Å²) in [5.74, 6) is -0.0193. The van der Waals surface area contributed by atoms with Crippen molar-refractivity contribution in [3.63, 3.8) is 0 Å². The van der Waals surface area contributed by atoms with Crippen LogP contribution in [0.25, 0.3) is 0 Å². The fourth-order valence-electron chi connectivity index (χ4n) is 1.39. The molecule has 0 aliphatic heterocycles. The lowest BCUT2D eigenvalue weighted by Crippen LogP contribution is -2.15. The van der Waals surface area contributed by atoms with E-state index in [2.05, 4.69) is 15.5 Å². The Bertz CT molecular complexity index is 758. The van der Waals surface area contributed by atoms with Gasteiger partial charge in [-0.15, -0.1) is 10.2 Å². The van der Waals surface area contributed by atoms with Crippen molar-refractivity contribution in [2.45, 2.75) is 13.6 Å². The number of carbonyl (C=O) groups is 1. The number of sulfonamides is 1. The SMILES string of the molecule is CSc1nnc(SCC(=O)Nc2ccc(S(N)(=O)=O)cc2)s1. The van der Waals surface area contributed by atoms with E-state index < -0.39 is 10.0 Å². The van der Waals surface area contributed by atoms with Crippen LogP contribution < -0.4 is 10.5 Å². The first kappa shape index (κ1) is 17.2. The molecule has 1 amide bonds. The van der Waals surface area contributed by atoms with Crippen LogP contribution in [0.4, 0.5) is 5.69 Å². The van der Waals surface area contributed by atoms with Gasteiger partial charge in [0.05, 0.1) is 10.6 Å². The molecule has 0 saturated carbocycles. The summed E-state index contributed by atoms with van der Waals surface area (Å²) in [7, 11) is -3.73. The summed E-state index contributed by atoms with van der Waals surface area (Å²) in [6.45, 7) is 0. The van der Waals surface area contributed by atoms with Crippen LogP contribution in [-0.2, 0) is 14.8 Å². The third kappa shape index (κ3) is 4.95. The minimum atomic E-state index is -3.73. The maximum absolute atomic E-state index is 11.8. The smallest absolute Gasteiger partial charge is 0.238 e. The molecule has 0 unspecified atom stereocenters. The first-order chi connectivity index (χ1) is 10.4. The van der Waals surface area contributed by atoms with E-state index in [1.54, 1.807) is 0 Å². The van der Waals surface area contributed by atoms with Crippen molar-refractivity contribution in [2.24, 2.45) is 5.14 Å². The molecule has 0 aliphatic carbocycles. The lowest BCUT2D eigenvalue weighted by atomic mass is 10.3. The van der Waals surface area contributed by atoms with Crippen molar-refractivity contribution in [1.29, 1.82) is 0 Å². The number of anilines is 1. The Kier molecular flexibility index (Phi) is 5.81. The second-order valence-electron chi connectivity index (χ2n) is 3.94. The van der Waals surface area contributed by atoms with E-state index in [0.29, 0.717) is 5.69 Å². The van der Waals surface area contributed by atoms with Crippen LogP contribution >= 0.6 is 34.9 Å². The summed E-state index contributed by atoms with van der Waals surface area (Å²) < 4.78 is 23.8. The van der Waals surface area contributed by atoms with Gasteiger partial charge in [0.1, 0.15) is 0 Å². The highest BCUT2D eigenvalue weighted by Crippen LogP contribution is 2.27. The lowest BCUT2D eigenvalue weighted by Gasteiger charge is -2.05. The summed E-state index contributed by atoms with van der Waals surface area (Å²) >= 11 is 4.23. The lowest BCUT2D eigenvalue weighted by molar-refractivity contribution is -0.113. The van der Waals surface area contributed by atoms with E-state index in [4.69, 9.17) is 5.14 Å². The molecule has 2 rings (SSSR count). The normalized spacial score (nSPS) is 11.4. The number of benzene rings is 1. The molecule has 0 saturated heterocycles. The van der Waals surface area contributed by atoms with Gasteiger partial charge >= 0.3 is 0 Å². The monoisotopic (exact) mass is 376 g/mol. The van der Waals surface area contributed by atoms with Gasteiger partial charge in [0.25, 0.3) is 0 Å². The minimum absolute atomic E-state index is 0.00155. The molecule has 11 heteroatoms. The van der Waals surface area contributed by atoms with Gasteiger partial charge in [-0.3, -0.25) is 4.79 Å². The highest BCUT2D eigenvalue weighted by Gasteiger charge is 2.10. The molecule has 0 spiro atoms. The topological polar surface area (TPSA) is 115 Å². The molecule has 118 valence electrons. The number of hydrogen-bond donors (Lipinski definition) is 2. The van der Waals surface area contributed by atoms with Gasteiger partial charge in [-0.2, -0.15) is 0 Å². The van der Waals surface area contributed by atoms with Crippen molar-refractivity contribution < 1.29 is 13.2 Å². The van der Waals surface area contributed by atoms with Gasteiger partial charge in [0.15, 0.2) is 8.68 Å². The van der Waals surface area contributed by atoms with Crippen LogP contribution in [0.1, 0.15) is 0 Å². The van der Waals surface area contributed by atoms with Gasteiger partial charge < -0.3 is 5.32 Å². The molecular formula is C11H12N4O3S4. The number of aromatic nitrogens is 2. The predicted octanol–water partition coefficient (Wildman–Crippen LogP) is 1.64. The third-order valence-electron chi connectivity index (χ3n) is 2.36. The van der Waals surface area contributed by atoms with Crippen LogP contribution in [0.15, 0.2) is 37.8 Å². The maximum atomic E-state index is 11.8. The largest absolute Gasteiger partial charge is 0.325 e. The Morgan fingerprint density at radius 2 is 1.91 bits per heavy atom. The highest BCUT2D eigenvalue weighted by molar-refractivity contribution is 8.03. The van der Waals surface area contributed by atoms with Crippen LogP contribution in [-0.4, -0.2) is 36.5 Å². The second-order valence-corrected chi connectivity index (χ2v) is 8.76. The van der Waals surface area contributed by atoms with Gasteiger partial charge in [-0.1, -0.05) is 34.9 Å². The van der Waals surface area contributed by atoms with Crippen LogP contribution in [0.3, 0.4) is 0 Å². The molecule has 0 fully saturated rings. The molecule has 7 nitrogen and oxygen atoms in total. The van der Waals surface area contributed by atoms with Crippen LogP contribution in [0, 0.1) is 0 Å². The van der Waals surface area contributed by atoms with E-state index in [0.717, 1.165) is 8.68 Å². The number of carbonyl (C=O) groups excluding carboxylic acids is 1.